The Kier molecular flexibility index (Phi) is 8.18. The molecule has 1 aromatic carbocycles. The first-order valence-corrected chi connectivity index (χ1v) is 13.3. The lowest BCUT2D eigenvalue weighted by Crippen LogP contribution is -2.44. The molecule has 0 radical (unpaired) electrons. The molecule has 36 heavy (non-hydrogen) atoms. The standard InChI is InChI=1S/C27H33N3O5S/c1-5-34-25(32)20-12-9-13-29(15-20)22(31)14-21-16-36-27-28-18(4)23(26(33)35-17(2)3)24(30(21)27)19-10-7-6-8-11-19/h6-8,10-11,16-17,20,24H,5,9,12-15H2,1-4H3. The molecule has 0 aromatic heterocycles. The van der Waals surface area contributed by atoms with Crippen LogP contribution in [0.2, 0.25) is 0 Å². The van der Waals surface area contributed by atoms with Crippen molar-refractivity contribution in [2.45, 2.75) is 59.1 Å². The summed E-state index contributed by atoms with van der Waals surface area (Å²) in [4.78, 5) is 47.3. The highest BCUT2D eigenvalue weighted by Gasteiger charge is 2.42. The SMILES string of the molecule is CCOC(=O)C1CCCN(C(=O)CC2=CSC3=NC(C)=C(C(=O)OC(C)C)C(c4ccccc4)N23)C1. The van der Waals surface area contributed by atoms with E-state index < -0.39 is 12.0 Å². The van der Waals surface area contributed by atoms with E-state index in [2.05, 4.69) is 0 Å². The minimum absolute atomic E-state index is 0.0542. The molecular formula is C27H33N3O5S. The van der Waals surface area contributed by atoms with Gasteiger partial charge in [0.05, 0.1) is 42.4 Å². The summed E-state index contributed by atoms with van der Waals surface area (Å²) < 4.78 is 10.8. The van der Waals surface area contributed by atoms with Crippen LogP contribution in [0.5, 0.6) is 0 Å². The summed E-state index contributed by atoms with van der Waals surface area (Å²) in [5.74, 6) is -0.993. The molecule has 1 saturated heterocycles. The molecule has 1 amide bonds. The van der Waals surface area contributed by atoms with Gasteiger partial charge in [0.1, 0.15) is 0 Å². The maximum absolute atomic E-state index is 13.4. The summed E-state index contributed by atoms with van der Waals surface area (Å²) in [6.07, 6.45) is 1.37. The lowest BCUT2D eigenvalue weighted by molar-refractivity contribution is -0.151. The molecule has 2 unspecified atom stereocenters. The molecule has 3 aliphatic rings. The second-order valence-corrected chi connectivity index (χ2v) is 10.2. The van der Waals surface area contributed by atoms with Gasteiger partial charge in [-0.25, -0.2) is 9.79 Å². The van der Waals surface area contributed by atoms with Crippen molar-refractivity contribution < 1.29 is 23.9 Å². The number of nitrogens with zero attached hydrogens (tertiary/aromatic N) is 3. The number of hydrogen-bond donors (Lipinski definition) is 0. The number of esters is 2. The number of ether oxygens (including phenoxy) is 2. The summed E-state index contributed by atoms with van der Waals surface area (Å²) in [6.45, 7) is 8.57. The molecule has 192 valence electrons. The number of carbonyl (C=O) groups is 3. The molecule has 0 aliphatic carbocycles. The van der Waals surface area contributed by atoms with Gasteiger partial charge < -0.3 is 19.3 Å². The van der Waals surface area contributed by atoms with Crippen LogP contribution < -0.4 is 0 Å². The number of amidine groups is 1. The summed E-state index contributed by atoms with van der Waals surface area (Å²) in [6, 6.07) is 9.29. The molecule has 8 nitrogen and oxygen atoms in total. The van der Waals surface area contributed by atoms with Crippen LogP contribution in [0.3, 0.4) is 0 Å². The lowest BCUT2D eigenvalue weighted by Gasteiger charge is -2.37. The van der Waals surface area contributed by atoms with Crippen molar-refractivity contribution in [2.24, 2.45) is 10.9 Å². The molecule has 0 spiro atoms. The molecule has 2 atom stereocenters. The first-order valence-electron chi connectivity index (χ1n) is 12.4. The number of rotatable bonds is 7. The zero-order chi connectivity index (χ0) is 25.8. The van der Waals surface area contributed by atoms with E-state index in [9.17, 15) is 14.4 Å². The third-order valence-corrected chi connectivity index (χ3v) is 7.29. The predicted molar refractivity (Wildman–Crippen MR) is 139 cm³/mol. The first kappa shape index (κ1) is 26.0. The minimum atomic E-state index is -0.451. The van der Waals surface area contributed by atoms with E-state index in [1.807, 2.05) is 61.4 Å². The fourth-order valence-corrected chi connectivity index (χ4v) is 5.75. The maximum Gasteiger partial charge on any atom is 0.338 e. The molecule has 0 saturated carbocycles. The number of carbonyl (C=O) groups excluding carboxylic acids is 3. The van der Waals surface area contributed by atoms with Crippen molar-refractivity contribution in [1.29, 1.82) is 0 Å². The average Bonchev–Trinajstić information content (AvgIpc) is 3.25. The topological polar surface area (TPSA) is 88.5 Å². The second-order valence-electron chi connectivity index (χ2n) is 9.37. The van der Waals surface area contributed by atoms with Gasteiger partial charge in [-0.15, -0.1) is 0 Å². The molecule has 3 heterocycles. The van der Waals surface area contributed by atoms with E-state index in [0.29, 0.717) is 31.0 Å². The number of benzene rings is 1. The fraction of sp³-hybridized carbons (Fsp3) is 0.481. The van der Waals surface area contributed by atoms with E-state index in [1.165, 1.54) is 11.8 Å². The Labute approximate surface area is 216 Å². The zero-order valence-corrected chi connectivity index (χ0v) is 22.0. The minimum Gasteiger partial charge on any atom is -0.466 e. The van der Waals surface area contributed by atoms with Crippen molar-refractivity contribution in [2.75, 3.05) is 19.7 Å². The molecule has 1 fully saturated rings. The molecule has 0 N–H and O–H groups in total. The predicted octanol–water partition coefficient (Wildman–Crippen LogP) is 4.40. The number of piperidine rings is 1. The van der Waals surface area contributed by atoms with Crippen LogP contribution in [0.1, 0.15) is 58.6 Å². The monoisotopic (exact) mass is 511 g/mol. The van der Waals surface area contributed by atoms with Gasteiger partial charge in [0.25, 0.3) is 0 Å². The Morgan fingerprint density at radius 2 is 1.94 bits per heavy atom. The molecule has 3 aliphatic heterocycles. The molecular weight excluding hydrogens is 478 g/mol. The van der Waals surface area contributed by atoms with E-state index in [-0.39, 0.29) is 30.3 Å². The molecule has 1 aromatic rings. The van der Waals surface area contributed by atoms with Crippen LogP contribution in [-0.2, 0) is 23.9 Å². The van der Waals surface area contributed by atoms with Gasteiger partial charge in [0, 0.05) is 18.8 Å². The van der Waals surface area contributed by atoms with Gasteiger partial charge >= 0.3 is 11.9 Å². The zero-order valence-electron chi connectivity index (χ0n) is 21.2. The number of amides is 1. The maximum atomic E-state index is 13.4. The van der Waals surface area contributed by atoms with Crippen LogP contribution >= 0.6 is 11.8 Å². The highest BCUT2D eigenvalue weighted by Crippen LogP contribution is 2.45. The summed E-state index contributed by atoms with van der Waals surface area (Å²) in [5, 5.41) is 2.66. The molecule has 4 rings (SSSR count). The van der Waals surface area contributed by atoms with Gasteiger partial charge in [0.2, 0.25) is 5.91 Å². The summed E-state index contributed by atoms with van der Waals surface area (Å²) >= 11 is 1.45. The van der Waals surface area contributed by atoms with Crippen molar-refractivity contribution >= 4 is 34.8 Å². The van der Waals surface area contributed by atoms with Crippen molar-refractivity contribution in [1.82, 2.24) is 9.80 Å². The fourth-order valence-electron chi connectivity index (χ4n) is 4.78. The second kappa shape index (κ2) is 11.3. The third-order valence-electron chi connectivity index (χ3n) is 6.40. The average molecular weight is 512 g/mol. The highest BCUT2D eigenvalue weighted by atomic mass is 32.2. The number of allylic oxidation sites excluding steroid dienone is 1. The number of likely N-dealkylation sites (tertiary alicyclic amines) is 1. The van der Waals surface area contributed by atoms with Crippen LogP contribution in [-0.4, -0.2) is 58.6 Å². The summed E-state index contributed by atoms with van der Waals surface area (Å²) in [7, 11) is 0. The number of fused-ring (bicyclic) bond motifs is 1. The Bertz CT molecular complexity index is 1110. The van der Waals surface area contributed by atoms with Crippen LogP contribution in [0.25, 0.3) is 0 Å². The van der Waals surface area contributed by atoms with Crippen molar-refractivity contribution in [3.63, 3.8) is 0 Å². The Balaban J connectivity index is 1.59. The normalized spacial score (nSPS) is 21.7. The molecule has 9 heteroatoms. The smallest absolute Gasteiger partial charge is 0.338 e. The first-order chi connectivity index (χ1) is 17.3. The number of hydrogen-bond acceptors (Lipinski definition) is 8. The van der Waals surface area contributed by atoms with E-state index in [1.54, 1.807) is 11.8 Å². The van der Waals surface area contributed by atoms with Crippen molar-refractivity contribution in [3.05, 3.63) is 58.3 Å². The molecule has 0 bridgehead atoms. The number of aliphatic imine (C=N–C) groups is 1. The Hall–Kier alpha value is -3.07. The van der Waals surface area contributed by atoms with Crippen LogP contribution in [0.4, 0.5) is 0 Å². The Morgan fingerprint density at radius 1 is 1.19 bits per heavy atom. The van der Waals surface area contributed by atoms with Gasteiger partial charge in [-0.2, -0.15) is 0 Å². The highest BCUT2D eigenvalue weighted by molar-refractivity contribution is 8.16. The van der Waals surface area contributed by atoms with E-state index in [4.69, 9.17) is 14.5 Å². The van der Waals surface area contributed by atoms with Gasteiger partial charge in [-0.05, 0) is 51.5 Å². The van der Waals surface area contributed by atoms with Crippen LogP contribution in [0, 0.1) is 5.92 Å². The largest absolute Gasteiger partial charge is 0.466 e. The lowest BCUT2D eigenvalue weighted by atomic mass is 9.93. The Morgan fingerprint density at radius 3 is 2.64 bits per heavy atom. The van der Waals surface area contributed by atoms with Gasteiger partial charge in [-0.3, -0.25) is 9.59 Å². The van der Waals surface area contributed by atoms with Gasteiger partial charge in [0.15, 0.2) is 5.17 Å². The van der Waals surface area contributed by atoms with E-state index in [0.717, 1.165) is 29.3 Å². The number of thioether (sulfide) groups is 1. The third kappa shape index (κ3) is 5.51. The quantitative estimate of drug-likeness (QED) is 0.501. The van der Waals surface area contributed by atoms with Gasteiger partial charge in [-0.1, -0.05) is 42.1 Å². The van der Waals surface area contributed by atoms with E-state index >= 15 is 0 Å². The summed E-state index contributed by atoms with van der Waals surface area (Å²) in [5.41, 5.74) is 2.78. The van der Waals surface area contributed by atoms with Crippen molar-refractivity contribution in [3.8, 4) is 0 Å². The van der Waals surface area contributed by atoms with Crippen LogP contribution in [0.15, 0.2) is 57.7 Å².